The van der Waals surface area contributed by atoms with E-state index in [0.29, 0.717) is 5.56 Å². The molecule has 1 nitrogen and oxygen atoms in total. The number of benzene rings is 3. The summed E-state index contributed by atoms with van der Waals surface area (Å²) >= 11 is 0. The van der Waals surface area contributed by atoms with Gasteiger partial charge in [-0.1, -0.05) is 66.1 Å². The van der Waals surface area contributed by atoms with Gasteiger partial charge in [0.25, 0.3) is 0 Å². The number of carbonyl (C=O) groups excluding carboxylic acids is 1. The van der Waals surface area contributed by atoms with Gasteiger partial charge in [-0.2, -0.15) is 0 Å². The Morgan fingerprint density at radius 1 is 0.833 bits per heavy atom. The van der Waals surface area contributed by atoms with E-state index < -0.39 is 0 Å². The number of hydrogen-bond acceptors (Lipinski definition) is 1. The molecule has 0 unspecified atom stereocenters. The van der Waals surface area contributed by atoms with Crippen molar-refractivity contribution in [3.8, 4) is 23.0 Å². The molecular formula is C23H18O. The smallest absolute Gasteiger partial charge is 0.236 e. The lowest BCUT2D eigenvalue weighted by atomic mass is 9.97. The summed E-state index contributed by atoms with van der Waals surface area (Å²) in [5.74, 6) is 5.53. The molecule has 0 spiro atoms. The molecule has 0 saturated heterocycles. The minimum Gasteiger partial charge on any atom is -0.279 e. The zero-order valence-electron chi connectivity index (χ0n) is 13.8. The molecule has 0 aromatic heterocycles. The van der Waals surface area contributed by atoms with Crippen LogP contribution in [-0.4, -0.2) is 5.78 Å². The fraction of sp³-hybridized carbons (Fsp3) is 0.0870. The van der Waals surface area contributed by atoms with E-state index in [4.69, 9.17) is 0 Å². The Morgan fingerprint density at radius 3 is 2.25 bits per heavy atom. The maximum Gasteiger partial charge on any atom is 0.236 e. The van der Waals surface area contributed by atoms with Crippen LogP contribution in [0.2, 0.25) is 0 Å². The quantitative estimate of drug-likeness (QED) is 0.469. The molecule has 0 aliphatic rings. The molecule has 0 heterocycles. The first-order valence-electron chi connectivity index (χ1n) is 7.92. The molecule has 0 atom stereocenters. The highest BCUT2D eigenvalue weighted by atomic mass is 16.1. The first-order valence-corrected chi connectivity index (χ1v) is 7.92. The van der Waals surface area contributed by atoms with Crippen molar-refractivity contribution in [2.75, 3.05) is 0 Å². The van der Waals surface area contributed by atoms with Crippen LogP contribution < -0.4 is 0 Å². The largest absolute Gasteiger partial charge is 0.279 e. The standard InChI is InChI=1S/C23H18O/c1-17-8-11-19(12-9-17)13-15-23(24)21-14-10-18(2)22(16-21)20-6-4-3-5-7-20/h3-12,14,16H,1-2H3. The van der Waals surface area contributed by atoms with E-state index in [1.165, 1.54) is 5.56 Å². The van der Waals surface area contributed by atoms with E-state index >= 15 is 0 Å². The minimum absolute atomic E-state index is 0.159. The van der Waals surface area contributed by atoms with Gasteiger partial charge in [0.05, 0.1) is 0 Å². The van der Waals surface area contributed by atoms with Crippen molar-refractivity contribution in [2.45, 2.75) is 13.8 Å². The van der Waals surface area contributed by atoms with Gasteiger partial charge in [-0.25, -0.2) is 0 Å². The van der Waals surface area contributed by atoms with Crippen molar-refractivity contribution in [2.24, 2.45) is 0 Å². The van der Waals surface area contributed by atoms with Gasteiger partial charge >= 0.3 is 0 Å². The third kappa shape index (κ3) is 3.62. The average molecular weight is 310 g/mol. The summed E-state index contributed by atoms with van der Waals surface area (Å²) in [4.78, 5) is 12.4. The molecule has 0 aliphatic heterocycles. The normalized spacial score (nSPS) is 9.92. The maximum absolute atomic E-state index is 12.4. The molecule has 3 rings (SSSR count). The first kappa shape index (κ1) is 15.8. The van der Waals surface area contributed by atoms with Gasteiger partial charge < -0.3 is 0 Å². The Labute approximate surface area is 143 Å². The van der Waals surface area contributed by atoms with E-state index in [0.717, 1.165) is 22.3 Å². The Balaban J connectivity index is 1.90. The SMILES string of the molecule is Cc1ccc(C#CC(=O)c2ccc(C)c(-c3ccccc3)c2)cc1. The molecule has 3 aromatic rings. The second kappa shape index (κ2) is 6.98. The van der Waals surface area contributed by atoms with Gasteiger partial charge in [-0.05, 0) is 54.7 Å². The van der Waals surface area contributed by atoms with Crippen LogP contribution >= 0.6 is 0 Å². The lowest BCUT2D eigenvalue weighted by Crippen LogP contribution is -1.97. The number of hydrogen-bond donors (Lipinski definition) is 0. The monoisotopic (exact) mass is 310 g/mol. The van der Waals surface area contributed by atoms with Gasteiger partial charge in [0.2, 0.25) is 5.78 Å². The van der Waals surface area contributed by atoms with E-state index in [1.54, 1.807) is 0 Å². The number of Topliss-reactive ketones (excluding diaryl/α,β-unsaturated/α-hetero) is 1. The summed E-state index contributed by atoms with van der Waals surface area (Å²) in [7, 11) is 0. The molecule has 116 valence electrons. The first-order chi connectivity index (χ1) is 11.6. The van der Waals surface area contributed by atoms with E-state index in [9.17, 15) is 4.79 Å². The summed E-state index contributed by atoms with van der Waals surface area (Å²) in [6.45, 7) is 4.08. The molecule has 0 fully saturated rings. The number of aryl methyl sites for hydroxylation is 2. The highest BCUT2D eigenvalue weighted by Gasteiger charge is 2.07. The van der Waals surface area contributed by atoms with Crippen LogP contribution in [0.15, 0.2) is 72.8 Å². The van der Waals surface area contributed by atoms with Crippen molar-refractivity contribution in [3.05, 3.63) is 95.1 Å². The summed E-state index contributed by atoms with van der Waals surface area (Å²) in [5, 5.41) is 0. The molecule has 0 saturated carbocycles. The van der Waals surface area contributed by atoms with Crippen LogP contribution in [0.5, 0.6) is 0 Å². The van der Waals surface area contributed by atoms with E-state index in [1.807, 2.05) is 67.6 Å². The summed E-state index contributed by atoms with van der Waals surface area (Å²) in [6.07, 6.45) is 0. The van der Waals surface area contributed by atoms with E-state index in [-0.39, 0.29) is 5.78 Å². The molecule has 0 aliphatic carbocycles. The Morgan fingerprint density at radius 2 is 1.54 bits per heavy atom. The topological polar surface area (TPSA) is 17.1 Å². The summed E-state index contributed by atoms with van der Waals surface area (Å²) < 4.78 is 0. The Hall–Kier alpha value is -3.11. The van der Waals surface area contributed by atoms with Crippen LogP contribution in [0.4, 0.5) is 0 Å². The molecule has 0 bridgehead atoms. The maximum atomic E-state index is 12.4. The van der Waals surface area contributed by atoms with Crippen molar-refractivity contribution in [1.82, 2.24) is 0 Å². The lowest BCUT2D eigenvalue weighted by molar-refractivity contribution is 0.105. The number of rotatable bonds is 2. The minimum atomic E-state index is -0.159. The van der Waals surface area contributed by atoms with Crippen molar-refractivity contribution in [3.63, 3.8) is 0 Å². The van der Waals surface area contributed by atoms with Crippen molar-refractivity contribution >= 4 is 5.78 Å². The molecule has 24 heavy (non-hydrogen) atoms. The number of ketones is 1. The molecular weight excluding hydrogens is 292 g/mol. The van der Waals surface area contributed by atoms with Crippen molar-refractivity contribution in [1.29, 1.82) is 0 Å². The summed E-state index contributed by atoms with van der Waals surface area (Å²) in [5.41, 5.74) is 5.97. The van der Waals surface area contributed by atoms with Crippen molar-refractivity contribution < 1.29 is 4.79 Å². The van der Waals surface area contributed by atoms with Gasteiger partial charge in [-0.3, -0.25) is 4.79 Å². The second-order valence-corrected chi connectivity index (χ2v) is 5.84. The molecule has 0 N–H and O–H groups in total. The van der Waals surface area contributed by atoms with Crippen LogP contribution in [0.3, 0.4) is 0 Å². The highest BCUT2D eigenvalue weighted by Crippen LogP contribution is 2.24. The zero-order valence-corrected chi connectivity index (χ0v) is 13.8. The fourth-order valence-electron chi connectivity index (χ4n) is 2.53. The van der Waals surface area contributed by atoms with Gasteiger partial charge in [0.15, 0.2) is 0 Å². The van der Waals surface area contributed by atoms with Crippen LogP contribution in [0.25, 0.3) is 11.1 Å². The molecule has 3 aromatic carbocycles. The predicted molar refractivity (Wildman–Crippen MR) is 99.0 cm³/mol. The third-order valence-corrected chi connectivity index (χ3v) is 3.96. The number of carbonyl (C=O) groups is 1. The zero-order chi connectivity index (χ0) is 16.9. The molecule has 0 radical (unpaired) electrons. The van der Waals surface area contributed by atoms with Crippen LogP contribution in [-0.2, 0) is 0 Å². The third-order valence-electron chi connectivity index (χ3n) is 3.96. The Bertz CT molecular complexity index is 923. The second-order valence-electron chi connectivity index (χ2n) is 5.84. The van der Waals surface area contributed by atoms with Crippen LogP contribution in [0.1, 0.15) is 27.0 Å². The molecule has 1 heteroatoms. The van der Waals surface area contributed by atoms with Crippen LogP contribution in [0, 0.1) is 25.7 Å². The lowest BCUT2D eigenvalue weighted by Gasteiger charge is -2.07. The van der Waals surface area contributed by atoms with E-state index in [2.05, 4.69) is 30.9 Å². The Kier molecular flexibility index (Phi) is 4.59. The fourth-order valence-corrected chi connectivity index (χ4v) is 2.53. The molecule has 0 amide bonds. The summed E-state index contributed by atoms with van der Waals surface area (Å²) in [6, 6.07) is 23.7. The van der Waals surface area contributed by atoms with Gasteiger partial charge in [0, 0.05) is 11.1 Å². The van der Waals surface area contributed by atoms with Gasteiger partial charge in [-0.15, -0.1) is 0 Å². The van der Waals surface area contributed by atoms with Gasteiger partial charge in [0.1, 0.15) is 0 Å². The highest BCUT2D eigenvalue weighted by molar-refractivity contribution is 6.10. The average Bonchev–Trinajstić information content (AvgIpc) is 2.62. The predicted octanol–water partition coefficient (Wildman–Crippen LogP) is 5.20.